The Hall–Kier alpha value is -3.02. The Kier molecular flexibility index (Phi) is 4.94. The molecule has 28 heavy (non-hydrogen) atoms. The fraction of sp³-hybridized carbons (Fsp3) is 0.235. The van der Waals surface area contributed by atoms with Gasteiger partial charge in [0.15, 0.2) is 0 Å². The first-order valence-corrected chi connectivity index (χ1v) is 10.00. The van der Waals surface area contributed by atoms with E-state index in [9.17, 15) is 13.2 Å². The fourth-order valence-corrected chi connectivity index (χ4v) is 4.20. The number of imidazole rings is 1. The van der Waals surface area contributed by atoms with E-state index >= 15 is 0 Å². The molecule has 1 fully saturated rings. The Morgan fingerprint density at radius 1 is 1.25 bits per heavy atom. The van der Waals surface area contributed by atoms with Crippen LogP contribution in [0.3, 0.4) is 0 Å². The second-order valence-corrected chi connectivity index (χ2v) is 8.03. The Balaban J connectivity index is 1.46. The molecule has 0 saturated carbocycles. The van der Waals surface area contributed by atoms with Crippen molar-refractivity contribution in [1.29, 1.82) is 0 Å². The summed E-state index contributed by atoms with van der Waals surface area (Å²) in [6, 6.07) is 4.77. The summed E-state index contributed by atoms with van der Waals surface area (Å²) >= 11 is 0. The maximum atomic E-state index is 12.6. The SMILES string of the molecule is O=C(Nc1ccc(-n2ccnc2)nc1)c1cc(S(=O)(=O)N2CCOCC2)c[nH]1. The maximum absolute atomic E-state index is 12.6. The number of aromatic nitrogens is 4. The molecule has 0 bridgehead atoms. The van der Waals surface area contributed by atoms with E-state index < -0.39 is 15.9 Å². The first-order valence-electron chi connectivity index (χ1n) is 8.56. The van der Waals surface area contributed by atoms with Gasteiger partial charge in [-0.2, -0.15) is 4.31 Å². The molecule has 10 nitrogen and oxygen atoms in total. The molecular weight excluding hydrogens is 384 g/mol. The highest BCUT2D eigenvalue weighted by atomic mass is 32.2. The Morgan fingerprint density at radius 3 is 2.75 bits per heavy atom. The highest BCUT2D eigenvalue weighted by molar-refractivity contribution is 7.89. The summed E-state index contributed by atoms with van der Waals surface area (Å²) in [5.41, 5.74) is 0.631. The van der Waals surface area contributed by atoms with Crippen LogP contribution >= 0.6 is 0 Å². The molecule has 1 saturated heterocycles. The molecule has 11 heteroatoms. The van der Waals surface area contributed by atoms with Crippen molar-refractivity contribution < 1.29 is 17.9 Å². The van der Waals surface area contributed by atoms with E-state index in [0.29, 0.717) is 37.8 Å². The van der Waals surface area contributed by atoms with Gasteiger partial charge in [0.2, 0.25) is 10.0 Å². The number of nitrogens with one attached hydrogen (secondary N) is 2. The summed E-state index contributed by atoms with van der Waals surface area (Å²) in [6.07, 6.45) is 7.86. The van der Waals surface area contributed by atoms with Crippen LogP contribution in [0.2, 0.25) is 0 Å². The molecule has 0 aliphatic carbocycles. The zero-order valence-electron chi connectivity index (χ0n) is 14.8. The van der Waals surface area contributed by atoms with Crippen LogP contribution in [0.25, 0.3) is 5.82 Å². The van der Waals surface area contributed by atoms with Crippen molar-refractivity contribution in [2.75, 3.05) is 31.6 Å². The van der Waals surface area contributed by atoms with Crippen molar-refractivity contribution in [2.45, 2.75) is 4.90 Å². The van der Waals surface area contributed by atoms with E-state index in [0.717, 1.165) is 0 Å². The minimum Gasteiger partial charge on any atom is -0.379 e. The van der Waals surface area contributed by atoms with Gasteiger partial charge in [0.1, 0.15) is 22.7 Å². The number of rotatable bonds is 5. The van der Waals surface area contributed by atoms with Gasteiger partial charge in [0, 0.05) is 31.7 Å². The van der Waals surface area contributed by atoms with Gasteiger partial charge < -0.3 is 15.0 Å². The van der Waals surface area contributed by atoms with Crippen LogP contribution in [0.5, 0.6) is 0 Å². The van der Waals surface area contributed by atoms with Crippen molar-refractivity contribution in [3.05, 3.63) is 55.0 Å². The number of nitrogens with zero attached hydrogens (tertiary/aromatic N) is 4. The van der Waals surface area contributed by atoms with E-state index in [2.05, 4.69) is 20.3 Å². The van der Waals surface area contributed by atoms with E-state index in [-0.39, 0.29) is 10.6 Å². The average Bonchev–Trinajstić information content (AvgIpc) is 3.42. The number of H-pyrrole nitrogens is 1. The van der Waals surface area contributed by atoms with Gasteiger partial charge in [-0.25, -0.2) is 18.4 Å². The summed E-state index contributed by atoms with van der Waals surface area (Å²) in [4.78, 5) is 23.4. The van der Waals surface area contributed by atoms with Crippen molar-refractivity contribution in [1.82, 2.24) is 23.8 Å². The zero-order valence-corrected chi connectivity index (χ0v) is 15.6. The lowest BCUT2D eigenvalue weighted by molar-refractivity contribution is 0.0730. The summed E-state index contributed by atoms with van der Waals surface area (Å²) in [7, 11) is -3.66. The molecule has 4 rings (SSSR count). The van der Waals surface area contributed by atoms with Crippen LogP contribution in [-0.4, -0.2) is 64.5 Å². The van der Waals surface area contributed by atoms with Gasteiger partial charge in [-0.05, 0) is 18.2 Å². The molecule has 1 aliphatic rings. The number of morpholine rings is 1. The van der Waals surface area contributed by atoms with Crippen molar-refractivity contribution in [3.8, 4) is 5.82 Å². The van der Waals surface area contributed by atoms with E-state index in [1.807, 2.05) is 0 Å². The number of amides is 1. The second-order valence-electron chi connectivity index (χ2n) is 6.09. The summed E-state index contributed by atoms with van der Waals surface area (Å²) in [5, 5.41) is 2.69. The lowest BCUT2D eigenvalue weighted by Crippen LogP contribution is -2.40. The first kappa shape index (κ1) is 18.3. The van der Waals surface area contributed by atoms with Crippen molar-refractivity contribution in [2.24, 2.45) is 0 Å². The third-order valence-electron chi connectivity index (χ3n) is 4.28. The highest BCUT2D eigenvalue weighted by Crippen LogP contribution is 2.19. The maximum Gasteiger partial charge on any atom is 0.272 e. The molecule has 3 aromatic heterocycles. The Bertz CT molecular complexity index is 1050. The van der Waals surface area contributed by atoms with E-state index in [1.54, 1.807) is 35.4 Å². The van der Waals surface area contributed by atoms with Crippen molar-refractivity contribution in [3.63, 3.8) is 0 Å². The topological polar surface area (TPSA) is 122 Å². The molecule has 1 amide bonds. The fourth-order valence-electron chi connectivity index (χ4n) is 2.80. The van der Waals surface area contributed by atoms with E-state index in [1.165, 1.54) is 22.8 Å². The van der Waals surface area contributed by atoms with Gasteiger partial charge in [-0.1, -0.05) is 0 Å². The molecule has 0 radical (unpaired) electrons. The summed E-state index contributed by atoms with van der Waals surface area (Å²) in [6.45, 7) is 1.31. The molecule has 0 unspecified atom stereocenters. The number of hydrogen-bond acceptors (Lipinski definition) is 6. The monoisotopic (exact) mass is 402 g/mol. The minimum atomic E-state index is -3.66. The van der Waals surface area contributed by atoms with Gasteiger partial charge in [0.25, 0.3) is 5.91 Å². The zero-order chi connectivity index (χ0) is 19.6. The lowest BCUT2D eigenvalue weighted by Gasteiger charge is -2.25. The van der Waals surface area contributed by atoms with Gasteiger partial charge in [0.05, 0.1) is 25.1 Å². The lowest BCUT2D eigenvalue weighted by atomic mass is 10.3. The largest absolute Gasteiger partial charge is 0.379 e. The predicted molar refractivity (Wildman–Crippen MR) is 99.7 cm³/mol. The summed E-state index contributed by atoms with van der Waals surface area (Å²) < 4.78 is 33.5. The predicted octanol–water partition coefficient (Wildman–Crippen LogP) is 0.869. The number of pyridine rings is 1. The van der Waals surface area contributed by atoms with Gasteiger partial charge in [-0.3, -0.25) is 9.36 Å². The normalized spacial score (nSPS) is 15.4. The third-order valence-corrected chi connectivity index (χ3v) is 6.16. The molecule has 4 heterocycles. The standard InChI is InChI=1S/C17H18N6O4S/c24-17(21-13-1-2-16(20-10-13)22-4-3-18-12-22)15-9-14(11-19-15)28(25,26)23-5-7-27-8-6-23/h1-4,9-12,19H,5-8H2,(H,21,24). The number of carbonyl (C=O) groups is 1. The van der Waals surface area contributed by atoms with E-state index in [4.69, 9.17) is 4.74 Å². The second kappa shape index (κ2) is 7.54. The van der Waals surface area contributed by atoms with Crippen LogP contribution in [0.4, 0.5) is 5.69 Å². The van der Waals surface area contributed by atoms with Crippen molar-refractivity contribution >= 4 is 21.6 Å². The smallest absolute Gasteiger partial charge is 0.272 e. The number of hydrogen-bond donors (Lipinski definition) is 2. The van der Waals surface area contributed by atoms with Crippen LogP contribution in [0, 0.1) is 0 Å². The number of ether oxygens (including phenoxy) is 1. The minimum absolute atomic E-state index is 0.0492. The number of aromatic amines is 1. The number of sulfonamides is 1. The molecule has 2 N–H and O–H groups in total. The highest BCUT2D eigenvalue weighted by Gasteiger charge is 2.28. The average molecular weight is 402 g/mol. The third kappa shape index (κ3) is 3.67. The molecular formula is C17H18N6O4S. The molecule has 0 atom stereocenters. The molecule has 146 valence electrons. The number of carbonyl (C=O) groups excluding carboxylic acids is 1. The molecule has 0 aromatic carbocycles. The van der Waals surface area contributed by atoms with Crippen LogP contribution < -0.4 is 5.32 Å². The molecule has 1 aliphatic heterocycles. The quantitative estimate of drug-likeness (QED) is 0.653. The summed E-state index contributed by atoms with van der Waals surface area (Å²) in [5.74, 6) is 0.204. The van der Waals surface area contributed by atoms with Gasteiger partial charge in [-0.15, -0.1) is 0 Å². The first-order chi connectivity index (χ1) is 13.5. The molecule has 3 aromatic rings. The van der Waals surface area contributed by atoms with Crippen LogP contribution in [0.1, 0.15) is 10.5 Å². The Morgan fingerprint density at radius 2 is 2.07 bits per heavy atom. The van der Waals surface area contributed by atoms with Crippen LogP contribution in [0.15, 0.2) is 54.2 Å². The molecule has 0 spiro atoms. The number of anilines is 1. The van der Waals surface area contributed by atoms with Gasteiger partial charge >= 0.3 is 0 Å². The Labute approximate surface area is 161 Å². The van der Waals surface area contributed by atoms with Crippen LogP contribution in [-0.2, 0) is 14.8 Å².